The highest BCUT2D eigenvalue weighted by Crippen LogP contribution is 2.38. The standard InChI is InChI=1S/C8H3F3O4S/c9-8(10,11)4-2-1-3-5-6(4)7(12)15-16(5,13)14/h1-3H. The number of carbonyl (C=O) groups is 1. The van der Waals surface area contributed by atoms with Gasteiger partial charge in [-0.05, 0) is 12.1 Å². The van der Waals surface area contributed by atoms with Crippen molar-refractivity contribution in [3.8, 4) is 0 Å². The molecule has 8 heteroatoms. The fourth-order valence-corrected chi connectivity index (χ4v) is 2.43. The first kappa shape index (κ1) is 10.9. The Balaban J connectivity index is 2.82. The maximum absolute atomic E-state index is 12.5. The van der Waals surface area contributed by atoms with Gasteiger partial charge < -0.3 is 4.18 Å². The van der Waals surface area contributed by atoms with Crippen LogP contribution in [0.4, 0.5) is 13.2 Å². The largest absolute Gasteiger partial charge is 0.417 e. The highest BCUT2D eigenvalue weighted by Gasteiger charge is 2.44. The smallest absolute Gasteiger partial charge is 0.338 e. The first-order chi connectivity index (χ1) is 7.23. The van der Waals surface area contributed by atoms with Crippen LogP contribution in [0, 0.1) is 0 Å². The van der Waals surface area contributed by atoms with Crippen LogP contribution in [-0.4, -0.2) is 14.4 Å². The predicted molar refractivity (Wildman–Crippen MR) is 44.0 cm³/mol. The van der Waals surface area contributed by atoms with Crippen LogP contribution < -0.4 is 0 Å². The van der Waals surface area contributed by atoms with E-state index >= 15 is 0 Å². The van der Waals surface area contributed by atoms with E-state index in [1.165, 1.54) is 0 Å². The summed E-state index contributed by atoms with van der Waals surface area (Å²) in [6.45, 7) is 0. The Bertz CT molecular complexity index is 573. The summed E-state index contributed by atoms with van der Waals surface area (Å²) in [7, 11) is -4.39. The van der Waals surface area contributed by atoms with Gasteiger partial charge in [0.15, 0.2) is 0 Å². The van der Waals surface area contributed by atoms with Crippen LogP contribution in [0.2, 0.25) is 0 Å². The maximum atomic E-state index is 12.5. The Morgan fingerprint density at radius 2 is 1.81 bits per heavy atom. The topological polar surface area (TPSA) is 60.4 Å². The van der Waals surface area contributed by atoms with Gasteiger partial charge in [-0.3, -0.25) is 0 Å². The number of rotatable bonds is 0. The summed E-state index contributed by atoms with van der Waals surface area (Å²) in [5.41, 5.74) is -2.26. The van der Waals surface area contributed by atoms with Gasteiger partial charge in [0.1, 0.15) is 4.90 Å². The minimum absolute atomic E-state index is 0.626. The summed E-state index contributed by atoms with van der Waals surface area (Å²) < 4.78 is 63.5. The normalized spacial score (nSPS) is 18.1. The quantitative estimate of drug-likeness (QED) is 0.657. The molecule has 0 fully saturated rings. The number of hydrogen-bond donors (Lipinski definition) is 0. The lowest BCUT2D eigenvalue weighted by molar-refractivity contribution is -0.138. The molecule has 1 heterocycles. The predicted octanol–water partition coefficient (Wildman–Crippen LogP) is 1.56. The van der Waals surface area contributed by atoms with E-state index in [1.807, 2.05) is 0 Å². The van der Waals surface area contributed by atoms with Crippen molar-refractivity contribution in [2.75, 3.05) is 0 Å². The van der Waals surface area contributed by atoms with Gasteiger partial charge in [0, 0.05) is 0 Å². The summed E-state index contributed by atoms with van der Waals surface area (Å²) in [4.78, 5) is 10.3. The van der Waals surface area contributed by atoms with Crippen LogP contribution in [-0.2, 0) is 20.5 Å². The minimum Gasteiger partial charge on any atom is -0.338 e. The Kier molecular flexibility index (Phi) is 2.03. The Hall–Kier alpha value is -1.57. The lowest BCUT2D eigenvalue weighted by atomic mass is 10.1. The van der Waals surface area contributed by atoms with Gasteiger partial charge in [-0.2, -0.15) is 21.6 Å². The maximum Gasteiger partial charge on any atom is 0.417 e. The van der Waals surface area contributed by atoms with E-state index in [1.54, 1.807) is 0 Å². The van der Waals surface area contributed by atoms with E-state index in [2.05, 4.69) is 4.18 Å². The van der Waals surface area contributed by atoms with Gasteiger partial charge in [0.25, 0.3) is 0 Å². The molecule has 0 aromatic heterocycles. The highest BCUT2D eigenvalue weighted by molar-refractivity contribution is 7.87. The number of fused-ring (bicyclic) bond motifs is 1. The van der Waals surface area contributed by atoms with Gasteiger partial charge in [0.05, 0.1) is 11.1 Å². The van der Waals surface area contributed by atoms with Crippen molar-refractivity contribution in [1.29, 1.82) is 0 Å². The molecule has 0 N–H and O–H groups in total. The van der Waals surface area contributed by atoms with Crippen LogP contribution in [0.15, 0.2) is 23.1 Å². The molecule has 1 aliphatic heterocycles. The summed E-state index contributed by atoms with van der Waals surface area (Å²) in [6.07, 6.45) is -4.80. The molecule has 0 radical (unpaired) electrons. The van der Waals surface area contributed by atoms with E-state index < -0.39 is 38.3 Å². The molecule has 0 spiro atoms. The number of halogens is 3. The Morgan fingerprint density at radius 3 is 2.38 bits per heavy atom. The van der Waals surface area contributed by atoms with Crippen molar-refractivity contribution in [3.63, 3.8) is 0 Å². The molecular formula is C8H3F3O4S. The zero-order valence-corrected chi connectivity index (χ0v) is 8.22. The van der Waals surface area contributed by atoms with E-state index in [0.29, 0.717) is 6.07 Å². The number of alkyl halides is 3. The number of carbonyl (C=O) groups excluding carboxylic acids is 1. The second-order valence-electron chi connectivity index (χ2n) is 3.00. The van der Waals surface area contributed by atoms with Crippen molar-refractivity contribution in [2.45, 2.75) is 11.1 Å². The van der Waals surface area contributed by atoms with E-state index in [0.717, 1.165) is 12.1 Å². The first-order valence-corrected chi connectivity index (χ1v) is 5.33. The molecule has 1 aromatic carbocycles. The highest BCUT2D eigenvalue weighted by atomic mass is 32.2. The van der Waals surface area contributed by atoms with Crippen LogP contribution in [0.3, 0.4) is 0 Å². The molecule has 2 rings (SSSR count). The van der Waals surface area contributed by atoms with Crippen LogP contribution in [0.5, 0.6) is 0 Å². The second kappa shape index (κ2) is 2.97. The van der Waals surface area contributed by atoms with E-state index in [9.17, 15) is 26.4 Å². The lowest BCUT2D eigenvalue weighted by Crippen LogP contribution is -2.11. The third kappa shape index (κ3) is 1.45. The van der Waals surface area contributed by atoms with Crippen LogP contribution >= 0.6 is 0 Å². The summed E-state index contributed by atoms with van der Waals surface area (Å²) in [5, 5.41) is 0. The third-order valence-electron chi connectivity index (χ3n) is 1.99. The molecule has 4 nitrogen and oxygen atoms in total. The molecule has 16 heavy (non-hydrogen) atoms. The average Bonchev–Trinajstić information content (AvgIpc) is 2.36. The zero-order chi connectivity index (χ0) is 12.1. The third-order valence-corrected chi connectivity index (χ3v) is 3.24. The van der Waals surface area contributed by atoms with Crippen molar-refractivity contribution in [1.82, 2.24) is 0 Å². The van der Waals surface area contributed by atoms with Crippen LogP contribution in [0.25, 0.3) is 0 Å². The molecule has 86 valence electrons. The fourth-order valence-electron chi connectivity index (χ4n) is 1.37. The molecule has 0 aliphatic carbocycles. The van der Waals surface area contributed by atoms with Gasteiger partial charge in [-0.1, -0.05) is 6.07 Å². The Labute approximate surface area is 87.8 Å². The van der Waals surface area contributed by atoms with Gasteiger partial charge in [-0.15, -0.1) is 0 Å². The number of hydrogen-bond acceptors (Lipinski definition) is 4. The molecule has 1 aromatic rings. The Morgan fingerprint density at radius 1 is 1.19 bits per heavy atom. The molecule has 0 saturated carbocycles. The summed E-state index contributed by atoms with van der Waals surface area (Å²) in [6, 6.07) is 2.42. The van der Waals surface area contributed by atoms with Crippen molar-refractivity contribution in [2.24, 2.45) is 0 Å². The van der Waals surface area contributed by atoms with Crippen molar-refractivity contribution < 1.29 is 30.6 Å². The van der Waals surface area contributed by atoms with Gasteiger partial charge in [0.2, 0.25) is 0 Å². The SMILES string of the molecule is O=C1OS(=O)(=O)c2cccc(C(F)(F)F)c21. The molecular weight excluding hydrogens is 249 g/mol. The molecule has 0 atom stereocenters. The first-order valence-electron chi connectivity index (χ1n) is 3.92. The van der Waals surface area contributed by atoms with E-state index in [-0.39, 0.29) is 0 Å². The number of benzene rings is 1. The van der Waals surface area contributed by atoms with Crippen molar-refractivity contribution in [3.05, 3.63) is 29.3 Å². The van der Waals surface area contributed by atoms with E-state index in [4.69, 9.17) is 0 Å². The molecule has 0 saturated heterocycles. The lowest BCUT2D eigenvalue weighted by Gasteiger charge is -2.07. The van der Waals surface area contributed by atoms with Crippen LogP contribution in [0.1, 0.15) is 15.9 Å². The summed E-state index contributed by atoms with van der Waals surface area (Å²) >= 11 is 0. The molecule has 0 amide bonds. The molecule has 0 unspecified atom stereocenters. The van der Waals surface area contributed by atoms with Gasteiger partial charge in [-0.25, -0.2) is 4.79 Å². The average molecular weight is 252 g/mol. The fraction of sp³-hybridized carbons (Fsp3) is 0.125. The molecule has 1 aliphatic rings. The monoisotopic (exact) mass is 252 g/mol. The van der Waals surface area contributed by atoms with Gasteiger partial charge >= 0.3 is 22.3 Å². The molecule has 0 bridgehead atoms. The minimum atomic E-state index is -4.80. The zero-order valence-electron chi connectivity index (χ0n) is 7.41. The summed E-state index contributed by atoms with van der Waals surface area (Å²) in [5.74, 6) is -1.50. The van der Waals surface area contributed by atoms with Crippen molar-refractivity contribution >= 4 is 16.1 Å². The second-order valence-corrected chi connectivity index (χ2v) is 4.52.